The van der Waals surface area contributed by atoms with Crippen molar-refractivity contribution >= 4 is 0 Å². The molecule has 0 aromatic carbocycles. The van der Waals surface area contributed by atoms with Crippen LogP contribution < -0.4 is 0 Å². The summed E-state index contributed by atoms with van der Waals surface area (Å²) in [5, 5.41) is 18.0. The molecule has 0 saturated heterocycles. The minimum Gasteiger partial charge on any atom is -0.387 e. The maximum Gasteiger partial charge on any atom is 0.139 e. The molecule has 0 bridgehead atoms. The van der Waals surface area contributed by atoms with Gasteiger partial charge in [-0.05, 0) is 13.8 Å². The van der Waals surface area contributed by atoms with Crippen molar-refractivity contribution in [3.63, 3.8) is 0 Å². The van der Waals surface area contributed by atoms with Gasteiger partial charge in [0.25, 0.3) is 0 Å². The molecule has 2 nitrogen and oxygen atoms in total. The summed E-state index contributed by atoms with van der Waals surface area (Å²) >= 11 is 0. The molecular formula is C7H12F2O2. The molecule has 0 spiro atoms. The van der Waals surface area contributed by atoms with Gasteiger partial charge in [-0.25, -0.2) is 8.78 Å². The summed E-state index contributed by atoms with van der Waals surface area (Å²) in [6.45, 7) is 2.18. The van der Waals surface area contributed by atoms with E-state index in [1.165, 1.54) is 0 Å². The topological polar surface area (TPSA) is 40.5 Å². The van der Waals surface area contributed by atoms with Crippen LogP contribution in [0.3, 0.4) is 0 Å². The highest BCUT2D eigenvalue weighted by atomic mass is 19.2. The lowest BCUT2D eigenvalue weighted by Crippen LogP contribution is -2.38. The van der Waals surface area contributed by atoms with Crippen molar-refractivity contribution in [2.45, 2.75) is 43.8 Å². The van der Waals surface area contributed by atoms with Gasteiger partial charge in [-0.2, -0.15) is 0 Å². The highest BCUT2D eigenvalue weighted by molar-refractivity contribution is 5.07. The average molecular weight is 166 g/mol. The SMILES string of the molecule is CC1(F)CC(C)(F)C(O)C1O. The van der Waals surface area contributed by atoms with Crippen LogP contribution in [0.1, 0.15) is 20.3 Å². The van der Waals surface area contributed by atoms with Gasteiger partial charge in [-0.1, -0.05) is 0 Å². The van der Waals surface area contributed by atoms with E-state index in [0.717, 1.165) is 13.8 Å². The van der Waals surface area contributed by atoms with Crippen molar-refractivity contribution in [2.75, 3.05) is 0 Å². The van der Waals surface area contributed by atoms with Crippen molar-refractivity contribution in [1.29, 1.82) is 0 Å². The van der Waals surface area contributed by atoms with Crippen LogP contribution in [0.25, 0.3) is 0 Å². The highest BCUT2D eigenvalue weighted by Gasteiger charge is 2.57. The summed E-state index contributed by atoms with van der Waals surface area (Å²) in [6.07, 6.45) is -3.68. The van der Waals surface area contributed by atoms with Crippen molar-refractivity contribution in [3.05, 3.63) is 0 Å². The zero-order valence-corrected chi connectivity index (χ0v) is 6.51. The Labute approximate surface area is 63.8 Å². The molecule has 1 aliphatic rings. The second kappa shape index (κ2) is 2.14. The summed E-state index contributed by atoms with van der Waals surface area (Å²) in [5.74, 6) is 0. The van der Waals surface area contributed by atoms with Crippen molar-refractivity contribution in [2.24, 2.45) is 0 Å². The van der Waals surface area contributed by atoms with Gasteiger partial charge in [0.1, 0.15) is 23.5 Å². The largest absolute Gasteiger partial charge is 0.387 e. The molecule has 0 amide bonds. The number of aliphatic hydroxyl groups is 2. The molecular weight excluding hydrogens is 154 g/mol. The van der Waals surface area contributed by atoms with Crippen molar-refractivity contribution in [1.82, 2.24) is 0 Å². The van der Waals surface area contributed by atoms with Crippen LogP contribution in [-0.4, -0.2) is 33.8 Å². The zero-order chi connectivity index (χ0) is 8.86. The standard InChI is InChI=1S/C7H12F2O2/c1-6(8)3-7(2,9)5(11)4(6)10/h4-5,10-11H,3H2,1-2H3. The summed E-state index contributed by atoms with van der Waals surface area (Å²) in [4.78, 5) is 0. The molecule has 2 N–H and O–H groups in total. The molecule has 4 heteroatoms. The highest BCUT2D eigenvalue weighted by Crippen LogP contribution is 2.42. The van der Waals surface area contributed by atoms with E-state index in [-0.39, 0.29) is 0 Å². The number of hydrogen-bond acceptors (Lipinski definition) is 2. The Morgan fingerprint density at radius 3 is 1.45 bits per heavy atom. The maximum atomic E-state index is 13.1. The van der Waals surface area contributed by atoms with Crippen LogP contribution in [0.15, 0.2) is 0 Å². The first kappa shape index (κ1) is 8.87. The molecule has 1 fully saturated rings. The van der Waals surface area contributed by atoms with Crippen LogP contribution >= 0.6 is 0 Å². The molecule has 0 heterocycles. The number of rotatable bonds is 0. The molecule has 0 radical (unpaired) electrons. The number of hydrogen-bond donors (Lipinski definition) is 2. The molecule has 1 aliphatic carbocycles. The van der Waals surface area contributed by atoms with E-state index in [2.05, 4.69) is 0 Å². The molecule has 0 aliphatic heterocycles. The predicted octanol–water partition coefficient (Wildman–Crippen LogP) is 0.568. The Morgan fingerprint density at radius 1 is 1.09 bits per heavy atom. The fourth-order valence-electron chi connectivity index (χ4n) is 1.54. The van der Waals surface area contributed by atoms with E-state index in [9.17, 15) is 8.78 Å². The summed E-state index contributed by atoms with van der Waals surface area (Å²) in [7, 11) is 0. The predicted molar refractivity (Wildman–Crippen MR) is 35.7 cm³/mol. The Morgan fingerprint density at radius 2 is 1.36 bits per heavy atom. The van der Waals surface area contributed by atoms with Gasteiger partial charge in [0.05, 0.1) is 0 Å². The third kappa shape index (κ3) is 1.25. The van der Waals surface area contributed by atoms with Crippen LogP contribution in [0.2, 0.25) is 0 Å². The van der Waals surface area contributed by atoms with Gasteiger partial charge in [0.2, 0.25) is 0 Å². The first-order chi connectivity index (χ1) is 4.77. The normalized spacial score (nSPS) is 58.4. The van der Waals surface area contributed by atoms with Gasteiger partial charge in [0, 0.05) is 6.42 Å². The summed E-state index contributed by atoms with van der Waals surface area (Å²) in [5.41, 5.74) is -4.02. The summed E-state index contributed by atoms with van der Waals surface area (Å²) in [6, 6.07) is 0. The summed E-state index contributed by atoms with van der Waals surface area (Å²) < 4.78 is 26.2. The molecule has 1 saturated carbocycles. The second-order valence-corrected chi connectivity index (χ2v) is 3.62. The number of halogens is 2. The quantitative estimate of drug-likeness (QED) is 0.552. The molecule has 11 heavy (non-hydrogen) atoms. The third-order valence-corrected chi connectivity index (χ3v) is 2.22. The van der Waals surface area contributed by atoms with E-state index >= 15 is 0 Å². The monoisotopic (exact) mass is 166 g/mol. The van der Waals surface area contributed by atoms with Gasteiger partial charge in [-0.3, -0.25) is 0 Å². The number of alkyl halides is 2. The van der Waals surface area contributed by atoms with Crippen LogP contribution in [0, 0.1) is 0 Å². The number of aliphatic hydroxyl groups excluding tert-OH is 2. The van der Waals surface area contributed by atoms with E-state index in [1.807, 2.05) is 0 Å². The van der Waals surface area contributed by atoms with E-state index in [1.54, 1.807) is 0 Å². The van der Waals surface area contributed by atoms with Crippen LogP contribution in [0.4, 0.5) is 8.78 Å². The molecule has 0 aromatic heterocycles. The fourth-order valence-corrected chi connectivity index (χ4v) is 1.54. The molecule has 4 unspecified atom stereocenters. The van der Waals surface area contributed by atoms with E-state index in [4.69, 9.17) is 10.2 Å². The smallest absolute Gasteiger partial charge is 0.139 e. The van der Waals surface area contributed by atoms with Crippen molar-refractivity contribution < 1.29 is 19.0 Å². The fraction of sp³-hybridized carbons (Fsp3) is 1.00. The molecule has 0 aromatic rings. The second-order valence-electron chi connectivity index (χ2n) is 3.62. The Bertz CT molecular complexity index is 150. The van der Waals surface area contributed by atoms with Gasteiger partial charge in [-0.15, -0.1) is 0 Å². The zero-order valence-electron chi connectivity index (χ0n) is 6.51. The van der Waals surface area contributed by atoms with Crippen LogP contribution in [-0.2, 0) is 0 Å². The van der Waals surface area contributed by atoms with Gasteiger partial charge in [0.15, 0.2) is 0 Å². The van der Waals surface area contributed by atoms with Crippen LogP contribution in [0.5, 0.6) is 0 Å². The Hall–Kier alpha value is -0.220. The molecule has 1 rings (SSSR count). The Balaban J connectivity index is 2.86. The van der Waals surface area contributed by atoms with E-state index in [0.29, 0.717) is 0 Å². The van der Waals surface area contributed by atoms with Crippen molar-refractivity contribution in [3.8, 4) is 0 Å². The lowest BCUT2D eigenvalue weighted by Gasteiger charge is -2.18. The maximum absolute atomic E-state index is 13.1. The minimum absolute atomic E-state index is 0.456. The molecule has 66 valence electrons. The third-order valence-electron chi connectivity index (χ3n) is 2.22. The first-order valence-corrected chi connectivity index (χ1v) is 3.51. The lowest BCUT2D eigenvalue weighted by atomic mass is 10.0. The van der Waals surface area contributed by atoms with Gasteiger partial charge < -0.3 is 10.2 Å². The van der Waals surface area contributed by atoms with Gasteiger partial charge >= 0.3 is 0 Å². The first-order valence-electron chi connectivity index (χ1n) is 3.51. The average Bonchev–Trinajstić information content (AvgIpc) is 1.91. The van der Waals surface area contributed by atoms with E-state index < -0.39 is 30.0 Å². The minimum atomic E-state index is -2.01. The Kier molecular flexibility index (Phi) is 1.72. The lowest BCUT2D eigenvalue weighted by molar-refractivity contribution is -0.0552. The molecule has 4 atom stereocenters.